The Hall–Kier alpha value is -3.28. The Morgan fingerprint density at radius 2 is 1.93 bits per heavy atom. The van der Waals surface area contributed by atoms with Gasteiger partial charge in [-0.15, -0.1) is 0 Å². The van der Waals surface area contributed by atoms with E-state index >= 15 is 0 Å². The van der Waals surface area contributed by atoms with E-state index in [9.17, 15) is 14.0 Å². The number of hydrogen-bond acceptors (Lipinski definition) is 3. The Balaban J connectivity index is 1.45. The summed E-state index contributed by atoms with van der Waals surface area (Å²) in [7, 11) is 0. The van der Waals surface area contributed by atoms with E-state index in [1.807, 2.05) is 24.3 Å². The smallest absolute Gasteiger partial charge is 0.229 e. The first-order valence-corrected chi connectivity index (χ1v) is 8.77. The van der Waals surface area contributed by atoms with Gasteiger partial charge in [-0.3, -0.25) is 14.6 Å². The molecule has 1 fully saturated rings. The van der Waals surface area contributed by atoms with Crippen LogP contribution in [0.5, 0.6) is 0 Å². The van der Waals surface area contributed by atoms with Gasteiger partial charge in [0.2, 0.25) is 11.8 Å². The summed E-state index contributed by atoms with van der Waals surface area (Å²) in [5.74, 6) is -0.997. The molecule has 27 heavy (non-hydrogen) atoms. The Labute approximate surface area is 155 Å². The van der Waals surface area contributed by atoms with Crippen LogP contribution < -0.4 is 5.32 Å². The second kappa shape index (κ2) is 7.15. The second-order valence-corrected chi connectivity index (χ2v) is 6.67. The van der Waals surface area contributed by atoms with Crippen molar-refractivity contribution in [2.24, 2.45) is 5.92 Å². The minimum absolute atomic E-state index is 0.0736. The van der Waals surface area contributed by atoms with Crippen molar-refractivity contribution in [3.8, 4) is 0 Å². The summed E-state index contributed by atoms with van der Waals surface area (Å²) < 4.78 is 13.0. The number of para-hydroxylation sites is 1. The van der Waals surface area contributed by atoms with Crippen molar-refractivity contribution in [3.63, 3.8) is 0 Å². The van der Waals surface area contributed by atoms with Crippen molar-refractivity contribution >= 4 is 28.4 Å². The topological polar surface area (TPSA) is 62.3 Å². The van der Waals surface area contributed by atoms with Gasteiger partial charge in [0.1, 0.15) is 5.82 Å². The first-order valence-electron chi connectivity index (χ1n) is 8.77. The molecule has 4 rings (SSSR count). The molecule has 0 saturated carbocycles. The molecule has 2 aromatic carbocycles. The Bertz CT molecular complexity index is 998. The molecule has 1 saturated heterocycles. The lowest BCUT2D eigenvalue weighted by molar-refractivity contribution is -0.128. The van der Waals surface area contributed by atoms with Crippen molar-refractivity contribution in [1.29, 1.82) is 0 Å². The first kappa shape index (κ1) is 17.1. The van der Waals surface area contributed by atoms with Crippen LogP contribution in [0.3, 0.4) is 0 Å². The highest BCUT2D eigenvalue weighted by molar-refractivity contribution is 6.02. The van der Waals surface area contributed by atoms with E-state index < -0.39 is 5.92 Å². The predicted octanol–water partition coefficient (Wildman–Crippen LogP) is 3.36. The summed E-state index contributed by atoms with van der Waals surface area (Å²) >= 11 is 0. The number of nitrogens with one attached hydrogen (secondary N) is 1. The standard InChI is InChI=1S/C21H18FN3O2/c22-17-8-6-14(7-9-17)12-25-13-16(11-19(25)26)21(27)24-18-5-1-3-15-4-2-10-23-20(15)18/h1-10,16H,11-13H2,(H,24,27). The Morgan fingerprint density at radius 1 is 1.15 bits per heavy atom. The average Bonchev–Trinajstić information content (AvgIpc) is 3.04. The van der Waals surface area contributed by atoms with E-state index in [1.54, 1.807) is 29.3 Å². The molecule has 1 N–H and O–H groups in total. The molecule has 0 bridgehead atoms. The maximum absolute atomic E-state index is 13.0. The van der Waals surface area contributed by atoms with Crippen molar-refractivity contribution in [2.75, 3.05) is 11.9 Å². The third-order valence-electron chi connectivity index (χ3n) is 4.76. The van der Waals surface area contributed by atoms with Crippen LogP contribution in [0.2, 0.25) is 0 Å². The van der Waals surface area contributed by atoms with Crippen LogP contribution in [0.4, 0.5) is 10.1 Å². The maximum Gasteiger partial charge on any atom is 0.229 e. The fourth-order valence-electron chi connectivity index (χ4n) is 3.35. The van der Waals surface area contributed by atoms with Gasteiger partial charge in [0.05, 0.1) is 17.1 Å². The van der Waals surface area contributed by atoms with Crippen LogP contribution in [0.25, 0.3) is 10.9 Å². The molecule has 0 spiro atoms. The van der Waals surface area contributed by atoms with Crippen molar-refractivity contribution in [1.82, 2.24) is 9.88 Å². The molecule has 0 aliphatic carbocycles. The molecule has 3 aromatic rings. The van der Waals surface area contributed by atoms with Gasteiger partial charge in [-0.05, 0) is 29.8 Å². The second-order valence-electron chi connectivity index (χ2n) is 6.67. The molecule has 1 aliphatic rings. The van der Waals surface area contributed by atoms with E-state index in [0.29, 0.717) is 18.8 Å². The molecular weight excluding hydrogens is 345 g/mol. The quantitative estimate of drug-likeness (QED) is 0.773. The number of benzene rings is 2. The number of amides is 2. The SMILES string of the molecule is O=C(Nc1cccc2cccnc12)C1CC(=O)N(Cc2ccc(F)cc2)C1. The van der Waals surface area contributed by atoms with E-state index in [2.05, 4.69) is 10.3 Å². The zero-order valence-corrected chi connectivity index (χ0v) is 14.6. The maximum atomic E-state index is 13.0. The van der Waals surface area contributed by atoms with E-state index in [1.165, 1.54) is 12.1 Å². The highest BCUT2D eigenvalue weighted by atomic mass is 19.1. The number of rotatable bonds is 4. The molecule has 2 heterocycles. The van der Waals surface area contributed by atoms with E-state index in [4.69, 9.17) is 0 Å². The fraction of sp³-hybridized carbons (Fsp3) is 0.190. The third-order valence-corrected chi connectivity index (χ3v) is 4.76. The highest BCUT2D eigenvalue weighted by Crippen LogP contribution is 2.25. The zero-order valence-electron chi connectivity index (χ0n) is 14.6. The fourth-order valence-corrected chi connectivity index (χ4v) is 3.35. The van der Waals surface area contributed by atoms with Gasteiger partial charge in [0.25, 0.3) is 0 Å². The normalized spacial score (nSPS) is 16.7. The number of hydrogen-bond donors (Lipinski definition) is 1. The monoisotopic (exact) mass is 363 g/mol. The van der Waals surface area contributed by atoms with Gasteiger partial charge in [-0.25, -0.2) is 4.39 Å². The van der Waals surface area contributed by atoms with Gasteiger partial charge in [0.15, 0.2) is 0 Å². The summed E-state index contributed by atoms with van der Waals surface area (Å²) in [6.45, 7) is 0.721. The minimum Gasteiger partial charge on any atom is -0.338 e. The van der Waals surface area contributed by atoms with Gasteiger partial charge < -0.3 is 10.2 Å². The van der Waals surface area contributed by atoms with Gasteiger partial charge in [-0.1, -0.05) is 30.3 Å². The number of aromatic nitrogens is 1. The van der Waals surface area contributed by atoms with Crippen LogP contribution >= 0.6 is 0 Å². The first-order chi connectivity index (χ1) is 13.1. The molecule has 1 aromatic heterocycles. The number of pyridine rings is 1. The summed E-state index contributed by atoms with van der Waals surface area (Å²) in [6.07, 6.45) is 1.85. The van der Waals surface area contributed by atoms with Crippen molar-refractivity contribution in [3.05, 3.63) is 72.2 Å². The van der Waals surface area contributed by atoms with Crippen molar-refractivity contribution in [2.45, 2.75) is 13.0 Å². The number of fused-ring (bicyclic) bond motifs is 1. The van der Waals surface area contributed by atoms with Crippen LogP contribution in [0.15, 0.2) is 60.8 Å². The number of anilines is 1. The zero-order chi connectivity index (χ0) is 18.8. The molecule has 136 valence electrons. The molecule has 1 aliphatic heterocycles. The largest absolute Gasteiger partial charge is 0.338 e. The number of carbonyl (C=O) groups is 2. The van der Waals surface area contributed by atoms with E-state index in [-0.39, 0.29) is 24.1 Å². The molecule has 0 radical (unpaired) electrons. The van der Waals surface area contributed by atoms with Crippen LogP contribution in [0, 0.1) is 11.7 Å². The number of nitrogens with zero attached hydrogens (tertiary/aromatic N) is 2. The number of likely N-dealkylation sites (tertiary alicyclic amines) is 1. The minimum atomic E-state index is -0.420. The lowest BCUT2D eigenvalue weighted by atomic mass is 10.1. The van der Waals surface area contributed by atoms with E-state index in [0.717, 1.165) is 16.5 Å². The average molecular weight is 363 g/mol. The Morgan fingerprint density at radius 3 is 2.74 bits per heavy atom. The predicted molar refractivity (Wildman–Crippen MR) is 100 cm³/mol. The lowest BCUT2D eigenvalue weighted by Gasteiger charge is -2.17. The van der Waals surface area contributed by atoms with Crippen molar-refractivity contribution < 1.29 is 14.0 Å². The van der Waals surface area contributed by atoms with Crippen LogP contribution in [0.1, 0.15) is 12.0 Å². The number of carbonyl (C=O) groups excluding carboxylic acids is 2. The Kier molecular flexibility index (Phi) is 4.54. The summed E-state index contributed by atoms with van der Waals surface area (Å²) in [6, 6.07) is 15.4. The molecular formula is C21H18FN3O2. The molecule has 1 unspecified atom stereocenters. The summed E-state index contributed by atoms with van der Waals surface area (Å²) in [4.78, 5) is 30.9. The third kappa shape index (κ3) is 3.65. The molecule has 5 nitrogen and oxygen atoms in total. The van der Waals surface area contributed by atoms with Gasteiger partial charge >= 0.3 is 0 Å². The summed E-state index contributed by atoms with van der Waals surface area (Å²) in [5, 5.41) is 3.85. The van der Waals surface area contributed by atoms with Gasteiger partial charge in [-0.2, -0.15) is 0 Å². The number of halogens is 1. The lowest BCUT2D eigenvalue weighted by Crippen LogP contribution is -2.28. The summed E-state index contributed by atoms with van der Waals surface area (Å²) in [5.41, 5.74) is 2.20. The molecule has 2 amide bonds. The van der Waals surface area contributed by atoms with Crippen LogP contribution in [-0.4, -0.2) is 28.2 Å². The molecule has 6 heteroatoms. The molecule has 1 atom stereocenters. The van der Waals surface area contributed by atoms with Crippen LogP contribution in [-0.2, 0) is 16.1 Å². The van der Waals surface area contributed by atoms with Gasteiger partial charge in [0, 0.05) is 31.1 Å². The highest BCUT2D eigenvalue weighted by Gasteiger charge is 2.34.